The topological polar surface area (TPSA) is 250 Å². The number of ether oxygens (including phenoxy) is 10. The molecular formula is C62H80F2N2O18. The van der Waals surface area contributed by atoms with E-state index in [4.69, 9.17) is 47.4 Å². The highest BCUT2D eigenvalue weighted by molar-refractivity contribution is 6.13. The summed E-state index contributed by atoms with van der Waals surface area (Å²) in [6.45, 7) is 8.94. The molecule has 0 unspecified atom stereocenters. The molecule has 84 heavy (non-hydrogen) atoms. The predicted octanol–water partition coefficient (Wildman–Crippen LogP) is 3.99. The number of fused-ring (bicyclic) bond motifs is 7. The molecule has 3 saturated carbocycles. The van der Waals surface area contributed by atoms with E-state index in [0.29, 0.717) is 118 Å². The van der Waals surface area contributed by atoms with Crippen LogP contribution in [-0.4, -0.2) is 205 Å². The lowest BCUT2D eigenvalue weighted by atomic mass is 9.44. The number of alkyl halides is 2. The lowest BCUT2D eigenvalue weighted by Gasteiger charge is -2.63. The first-order valence-electron chi connectivity index (χ1n) is 29.1. The number of halogens is 2. The summed E-state index contributed by atoms with van der Waals surface area (Å²) in [5.41, 5.74) is -3.36. The number of ketones is 3. The number of Topliss-reactive ketones (excluding diaryl/α,β-unsaturated/α-hetero) is 2. The van der Waals surface area contributed by atoms with Gasteiger partial charge in [0.2, 0.25) is 5.91 Å². The second kappa shape index (κ2) is 30.3. The molecule has 0 bridgehead atoms. The zero-order valence-electron chi connectivity index (χ0n) is 48.0. The Morgan fingerprint density at radius 3 is 1.85 bits per heavy atom. The fourth-order valence-electron chi connectivity index (χ4n) is 13.0. The van der Waals surface area contributed by atoms with Gasteiger partial charge in [0.05, 0.1) is 118 Å². The molecule has 20 nitrogen and oxygen atoms in total. The van der Waals surface area contributed by atoms with Crippen molar-refractivity contribution in [2.75, 3.05) is 125 Å². The third-order valence-corrected chi connectivity index (χ3v) is 17.1. The number of hydrogen-bond donors (Lipinski definition) is 3. The molecule has 4 aliphatic carbocycles. The van der Waals surface area contributed by atoms with Crippen LogP contribution >= 0.6 is 0 Å². The van der Waals surface area contributed by atoms with Gasteiger partial charge in [0, 0.05) is 66.8 Å². The summed E-state index contributed by atoms with van der Waals surface area (Å²) in [7, 11) is 0. The molecule has 2 aromatic carbocycles. The van der Waals surface area contributed by atoms with E-state index in [0.717, 1.165) is 27.7 Å². The van der Waals surface area contributed by atoms with Gasteiger partial charge in [0.1, 0.15) is 18.6 Å². The highest BCUT2D eigenvalue weighted by Gasteiger charge is 2.80. The molecule has 0 spiro atoms. The summed E-state index contributed by atoms with van der Waals surface area (Å²) in [5, 5.41) is 24.9. The normalized spacial score (nSPS) is 28.5. The largest absolute Gasteiger partial charge is 0.390 e. The van der Waals surface area contributed by atoms with Crippen LogP contribution in [0.2, 0.25) is 0 Å². The lowest BCUT2D eigenvalue weighted by molar-refractivity contribution is -0.235. The second-order valence-electron chi connectivity index (χ2n) is 22.4. The van der Waals surface area contributed by atoms with E-state index >= 15 is 8.78 Å². The number of aliphatic hydroxyl groups is 2. The first kappa shape index (κ1) is 64.7. The van der Waals surface area contributed by atoms with Gasteiger partial charge in [-0.25, -0.2) is 8.78 Å². The van der Waals surface area contributed by atoms with Crippen molar-refractivity contribution in [3.63, 3.8) is 0 Å². The van der Waals surface area contributed by atoms with E-state index in [1.165, 1.54) is 31.2 Å². The van der Waals surface area contributed by atoms with Gasteiger partial charge >= 0.3 is 0 Å². The quantitative estimate of drug-likeness (QED) is 0.0639. The average molecular weight is 1180 g/mol. The Morgan fingerprint density at radius 1 is 0.702 bits per heavy atom. The van der Waals surface area contributed by atoms with Crippen molar-refractivity contribution in [1.82, 2.24) is 10.2 Å². The number of amides is 3. The smallest absolute Gasteiger partial charge is 0.253 e. The third-order valence-electron chi connectivity index (χ3n) is 17.1. The molecule has 8 rings (SSSR count). The minimum Gasteiger partial charge on any atom is -0.390 e. The molecule has 2 heterocycles. The van der Waals surface area contributed by atoms with E-state index < -0.39 is 88.6 Å². The molecule has 460 valence electrons. The minimum atomic E-state index is -2.34. The van der Waals surface area contributed by atoms with E-state index in [2.05, 4.69) is 5.32 Å². The van der Waals surface area contributed by atoms with Crippen LogP contribution in [0.5, 0.6) is 0 Å². The van der Waals surface area contributed by atoms with E-state index in [9.17, 15) is 39.0 Å². The van der Waals surface area contributed by atoms with Crippen molar-refractivity contribution < 1.29 is 95.1 Å². The van der Waals surface area contributed by atoms with Gasteiger partial charge in [-0.3, -0.25) is 33.7 Å². The summed E-state index contributed by atoms with van der Waals surface area (Å²) in [4.78, 5) is 75.0. The van der Waals surface area contributed by atoms with E-state index in [-0.39, 0.29) is 68.9 Å². The molecule has 10 atom stereocenters. The van der Waals surface area contributed by atoms with Crippen LogP contribution in [0.1, 0.15) is 74.5 Å². The molecule has 3 N–H and O–H groups in total. The van der Waals surface area contributed by atoms with Crippen molar-refractivity contribution in [2.45, 2.75) is 94.7 Å². The van der Waals surface area contributed by atoms with Crippen molar-refractivity contribution in [3.05, 3.63) is 107 Å². The van der Waals surface area contributed by atoms with Crippen molar-refractivity contribution in [2.24, 2.45) is 22.7 Å². The Balaban J connectivity index is 0.616. The molecule has 2 aromatic rings. The summed E-state index contributed by atoms with van der Waals surface area (Å²) in [5.74, 6) is -3.80. The highest BCUT2D eigenvalue weighted by Crippen LogP contribution is 2.72. The number of nitrogens with one attached hydrogen (secondary N) is 1. The van der Waals surface area contributed by atoms with Gasteiger partial charge in [-0.05, 0) is 72.9 Å². The fourth-order valence-corrected chi connectivity index (χ4v) is 13.0. The maximum atomic E-state index is 17.8. The van der Waals surface area contributed by atoms with Crippen LogP contribution in [-0.2, 0) is 89.0 Å². The molecule has 22 heteroatoms. The van der Waals surface area contributed by atoms with Crippen LogP contribution in [0.25, 0.3) is 0 Å². The Labute approximate surface area is 488 Å². The summed E-state index contributed by atoms with van der Waals surface area (Å²) in [6.07, 6.45) is 1.72. The van der Waals surface area contributed by atoms with Gasteiger partial charge in [-0.1, -0.05) is 61.5 Å². The molecule has 4 fully saturated rings. The lowest BCUT2D eigenvalue weighted by Crippen LogP contribution is -2.70. The fraction of sp³-hybridized carbons (Fsp3) is 0.613. The second-order valence-corrected chi connectivity index (χ2v) is 22.4. The van der Waals surface area contributed by atoms with Crippen LogP contribution in [0.3, 0.4) is 0 Å². The van der Waals surface area contributed by atoms with Gasteiger partial charge in [0.25, 0.3) is 11.8 Å². The van der Waals surface area contributed by atoms with Gasteiger partial charge in [0.15, 0.2) is 29.1 Å². The number of allylic oxidation sites excluding steroid dienone is 4. The first-order valence-corrected chi connectivity index (χ1v) is 29.1. The zero-order valence-corrected chi connectivity index (χ0v) is 48.0. The van der Waals surface area contributed by atoms with Crippen molar-refractivity contribution >= 4 is 35.1 Å². The highest BCUT2D eigenvalue weighted by atomic mass is 19.1. The van der Waals surface area contributed by atoms with Crippen molar-refractivity contribution in [1.29, 1.82) is 0 Å². The predicted molar refractivity (Wildman–Crippen MR) is 297 cm³/mol. The van der Waals surface area contributed by atoms with E-state index in [1.807, 2.05) is 48.5 Å². The SMILES string of the molecule is C[C@]12C=CC(=O)C=C1[C@@H](F)C[C@H]1[C@@H]3C[C@H]4O[C@@H](c5ccc(Cc6cccc(CC(=O)CCOCCOCCOCCOCCOCCOCCOCCOCCNC(=O)CCN7C(=O)C=CC7=O)c6)cc5)O[C@@]4(C(=O)CO)[C@@]3(C)C[C@H](O)[C@@]12F. The van der Waals surface area contributed by atoms with Gasteiger partial charge in [-0.2, -0.15) is 0 Å². The Kier molecular flexibility index (Phi) is 23.3. The number of benzene rings is 2. The number of aliphatic hydroxyl groups excluding tert-OH is 2. The maximum Gasteiger partial charge on any atom is 0.253 e. The first-order chi connectivity index (χ1) is 40.5. The number of carbonyl (C=O) groups excluding carboxylic acids is 6. The van der Waals surface area contributed by atoms with Crippen molar-refractivity contribution in [3.8, 4) is 0 Å². The minimum absolute atomic E-state index is 0.0142. The molecule has 3 amide bonds. The molecule has 2 aliphatic heterocycles. The molecule has 1 saturated heterocycles. The summed E-state index contributed by atoms with van der Waals surface area (Å²) in [6, 6.07) is 15.4. The van der Waals surface area contributed by atoms with Crippen LogP contribution in [0.15, 0.2) is 84.5 Å². The Hall–Kier alpha value is -5.34. The molecule has 0 radical (unpaired) electrons. The zero-order chi connectivity index (χ0) is 59.7. The van der Waals surface area contributed by atoms with Gasteiger partial charge < -0.3 is 62.9 Å². The standard InChI is InChI=1S/C62H80F2N2O18/c1-59-15-12-46(68)37-50(59)51(63)38-49-48-39-54-62(53(71)41-67,60(48,2)40-52(70)61(49,59)64)84-58(83-54)45-8-6-42(7-9-45)34-43-4-3-5-44(35-43)36-47(69)14-18-75-20-22-77-24-26-79-28-30-81-32-33-82-31-29-80-27-25-78-23-21-76-19-16-65-55(72)13-17-66-56(73)10-11-57(66)74/h3-12,15,35,37,48-49,51-52,54,58,67,70H,13-14,16-34,36,38-41H2,1-2H3,(H,65,72)/t48-,49-,51-,52-,54+,58+,59-,60-,61-,62+/m0/s1. The third kappa shape index (κ3) is 15.1. The maximum absolute atomic E-state index is 17.8. The number of carbonyl (C=O) groups is 6. The number of hydrogen-bond acceptors (Lipinski definition) is 18. The number of rotatable bonds is 37. The Morgan fingerprint density at radius 2 is 1.26 bits per heavy atom. The van der Waals surface area contributed by atoms with Gasteiger partial charge in [-0.15, -0.1) is 0 Å². The average Bonchev–Trinajstić information content (AvgIpc) is 1.39. The van der Waals surface area contributed by atoms with Crippen LogP contribution < -0.4 is 5.32 Å². The number of nitrogens with zero attached hydrogens (tertiary/aromatic N) is 1. The van der Waals surface area contributed by atoms with E-state index in [1.54, 1.807) is 6.92 Å². The monoisotopic (exact) mass is 1180 g/mol. The summed E-state index contributed by atoms with van der Waals surface area (Å²) < 4.78 is 91.1. The van der Waals surface area contributed by atoms with Crippen LogP contribution in [0.4, 0.5) is 8.78 Å². The molecular weight excluding hydrogens is 1100 g/mol. The molecule has 0 aromatic heterocycles. The number of imide groups is 1. The molecule has 6 aliphatic rings. The van der Waals surface area contributed by atoms with Crippen LogP contribution in [0, 0.1) is 22.7 Å². The Bertz CT molecular complexity index is 2670. The summed E-state index contributed by atoms with van der Waals surface area (Å²) >= 11 is 0.